The number of ether oxygens (including phenoxy) is 1. The number of likely N-dealkylation sites (tertiary alicyclic amines) is 2. The third-order valence-electron chi connectivity index (χ3n) is 8.20. The standard InChI is InChI=1S/C33H34N4O4.2ClH/c38-30(29-31(41-23-24-9-3-1-4-10-24)34-28-11-5-8-20-37(28)33(29)40)25-12-14-26(15-13-25)32(39)36-21-16-27(17-22-36)35-18-6-2-7-19-35;;/h1,3-5,8-15,20,27H,2,6-7,16-19,21-23H2;2*1H. The van der Waals surface area contributed by atoms with Gasteiger partial charge in [0.25, 0.3) is 11.5 Å². The van der Waals surface area contributed by atoms with E-state index < -0.39 is 11.3 Å². The molecule has 0 spiro atoms. The number of amides is 1. The van der Waals surface area contributed by atoms with Gasteiger partial charge in [-0.1, -0.05) is 55.0 Å². The molecule has 0 N–H and O–H groups in total. The van der Waals surface area contributed by atoms with E-state index >= 15 is 0 Å². The molecule has 10 heteroatoms. The highest BCUT2D eigenvalue weighted by atomic mass is 35.5. The van der Waals surface area contributed by atoms with Gasteiger partial charge in [0.2, 0.25) is 11.7 Å². The fourth-order valence-electron chi connectivity index (χ4n) is 5.90. The Kier molecular flexibility index (Phi) is 11.0. The zero-order chi connectivity index (χ0) is 28.2. The topological polar surface area (TPSA) is 84.2 Å². The Bertz CT molecular complexity index is 1600. The zero-order valence-corrected chi connectivity index (χ0v) is 25.5. The van der Waals surface area contributed by atoms with Crippen LogP contribution in [0.2, 0.25) is 0 Å². The fraction of sp³-hybridized carbons (Fsp3) is 0.333. The van der Waals surface area contributed by atoms with Gasteiger partial charge < -0.3 is 14.5 Å². The molecule has 4 heterocycles. The minimum absolute atomic E-state index is 0. The van der Waals surface area contributed by atoms with Crippen LogP contribution in [0.1, 0.15) is 63.9 Å². The van der Waals surface area contributed by atoms with Gasteiger partial charge in [-0.3, -0.25) is 18.8 Å². The third kappa shape index (κ3) is 7.09. The van der Waals surface area contributed by atoms with Crippen LogP contribution in [0, 0.1) is 0 Å². The van der Waals surface area contributed by atoms with E-state index in [4.69, 9.17) is 4.74 Å². The first kappa shape index (κ1) is 32.2. The molecule has 8 nitrogen and oxygen atoms in total. The summed E-state index contributed by atoms with van der Waals surface area (Å²) in [4.78, 5) is 49.4. The summed E-state index contributed by atoms with van der Waals surface area (Å²) in [7, 11) is 0. The van der Waals surface area contributed by atoms with Crippen molar-refractivity contribution in [3.63, 3.8) is 0 Å². The maximum atomic E-state index is 13.7. The first-order valence-electron chi connectivity index (χ1n) is 14.4. The summed E-state index contributed by atoms with van der Waals surface area (Å²) in [6.07, 6.45) is 7.43. The average molecular weight is 624 g/mol. The molecule has 0 aliphatic carbocycles. The van der Waals surface area contributed by atoms with Crippen molar-refractivity contribution in [3.8, 4) is 5.88 Å². The predicted octanol–water partition coefficient (Wildman–Crippen LogP) is 5.44. The number of nitrogens with zero attached hydrogens (tertiary/aromatic N) is 4. The molecule has 2 aliphatic rings. The summed E-state index contributed by atoms with van der Waals surface area (Å²) in [5, 5.41) is 0. The Labute approximate surface area is 263 Å². The van der Waals surface area contributed by atoms with Crippen molar-refractivity contribution < 1.29 is 14.3 Å². The lowest BCUT2D eigenvalue weighted by Gasteiger charge is -2.40. The molecule has 1 amide bonds. The quantitative estimate of drug-likeness (QED) is 0.255. The summed E-state index contributed by atoms with van der Waals surface area (Å²) in [6.45, 7) is 3.98. The molecule has 0 saturated carbocycles. The Morgan fingerprint density at radius 2 is 1.44 bits per heavy atom. The SMILES string of the molecule is Cl.Cl.O=C(c1ccc(C(=O)N2CCC(N3CCCCC3)CC2)cc1)c1c(OCc2ccccc2)nc2ccccn2c1=O. The maximum Gasteiger partial charge on any atom is 0.273 e. The Morgan fingerprint density at radius 3 is 2.14 bits per heavy atom. The van der Waals surface area contributed by atoms with Crippen molar-refractivity contribution in [2.24, 2.45) is 0 Å². The van der Waals surface area contributed by atoms with Crippen LogP contribution in [0.3, 0.4) is 0 Å². The van der Waals surface area contributed by atoms with Crippen LogP contribution in [0.25, 0.3) is 5.65 Å². The summed E-state index contributed by atoms with van der Waals surface area (Å²) in [6, 6.07) is 21.8. The van der Waals surface area contributed by atoms with Crippen molar-refractivity contribution in [1.29, 1.82) is 0 Å². The summed E-state index contributed by atoms with van der Waals surface area (Å²) in [5.74, 6) is -0.530. The normalized spacial score (nSPS) is 15.8. The van der Waals surface area contributed by atoms with Crippen molar-refractivity contribution in [2.45, 2.75) is 44.8 Å². The van der Waals surface area contributed by atoms with Crippen molar-refractivity contribution >= 4 is 42.2 Å². The number of rotatable bonds is 7. The first-order valence-corrected chi connectivity index (χ1v) is 14.4. The van der Waals surface area contributed by atoms with Crippen LogP contribution < -0.4 is 10.3 Å². The summed E-state index contributed by atoms with van der Waals surface area (Å²) in [5.41, 5.74) is 1.48. The average Bonchev–Trinajstić information content (AvgIpc) is 3.04. The first-order chi connectivity index (χ1) is 20.1. The molecule has 0 unspecified atom stereocenters. The smallest absolute Gasteiger partial charge is 0.273 e. The highest BCUT2D eigenvalue weighted by Gasteiger charge is 2.28. The van der Waals surface area contributed by atoms with Crippen molar-refractivity contribution in [1.82, 2.24) is 19.2 Å². The number of hydrogen-bond donors (Lipinski definition) is 0. The molecule has 2 aromatic carbocycles. The zero-order valence-electron chi connectivity index (χ0n) is 23.9. The number of benzene rings is 2. The van der Waals surface area contributed by atoms with Gasteiger partial charge in [0.1, 0.15) is 12.3 Å². The number of halogens is 2. The number of piperidine rings is 2. The second kappa shape index (κ2) is 14.6. The van der Waals surface area contributed by atoms with Gasteiger partial charge in [-0.2, -0.15) is 4.98 Å². The minimum atomic E-state index is -0.500. The second-order valence-electron chi connectivity index (χ2n) is 10.8. The molecule has 4 aromatic rings. The Hall–Kier alpha value is -3.72. The molecule has 6 rings (SSSR count). The molecule has 2 aliphatic heterocycles. The van der Waals surface area contributed by atoms with E-state index in [-0.39, 0.29) is 48.8 Å². The van der Waals surface area contributed by atoms with Crippen LogP contribution >= 0.6 is 24.8 Å². The lowest BCUT2D eigenvalue weighted by Crippen LogP contribution is -2.48. The minimum Gasteiger partial charge on any atom is -0.472 e. The predicted molar refractivity (Wildman–Crippen MR) is 171 cm³/mol. The number of hydrogen-bond acceptors (Lipinski definition) is 6. The van der Waals surface area contributed by atoms with E-state index in [2.05, 4.69) is 9.88 Å². The molecule has 0 bridgehead atoms. The van der Waals surface area contributed by atoms with Gasteiger partial charge in [0.05, 0.1) is 0 Å². The van der Waals surface area contributed by atoms with Crippen LogP contribution in [-0.2, 0) is 6.61 Å². The lowest BCUT2D eigenvalue weighted by atomic mass is 9.99. The highest BCUT2D eigenvalue weighted by molar-refractivity contribution is 6.10. The van der Waals surface area contributed by atoms with E-state index in [1.54, 1.807) is 48.7 Å². The third-order valence-corrected chi connectivity index (χ3v) is 8.20. The van der Waals surface area contributed by atoms with Crippen LogP contribution in [0.15, 0.2) is 83.8 Å². The van der Waals surface area contributed by atoms with Gasteiger partial charge in [0, 0.05) is 36.5 Å². The second-order valence-corrected chi connectivity index (χ2v) is 10.8. The molecule has 226 valence electrons. The van der Waals surface area contributed by atoms with Crippen molar-refractivity contribution in [3.05, 3.63) is 112 Å². The summed E-state index contributed by atoms with van der Waals surface area (Å²) < 4.78 is 7.28. The molecular weight excluding hydrogens is 587 g/mol. The maximum absolute atomic E-state index is 13.7. The highest BCUT2D eigenvalue weighted by Crippen LogP contribution is 2.23. The number of fused-ring (bicyclic) bond motifs is 1. The number of pyridine rings is 1. The molecule has 2 fully saturated rings. The van der Waals surface area contributed by atoms with Crippen LogP contribution in [-0.4, -0.2) is 63.1 Å². The van der Waals surface area contributed by atoms with E-state index in [1.165, 1.54) is 36.8 Å². The number of carbonyl (C=O) groups is 2. The Morgan fingerprint density at radius 1 is 0.791 bits per heavy atom. The fourth-order valence-corrected chi connectivity index (χ4v) is 5.90. The van der Waals surface area contributed by atoms with E-state index in [1.807, 2.05) is 35.2 Å². The largest absolute Gasteiger partial charge is 0.472 e. The lowest BCUT2D eigenvalue weighted by molar-refractivity contribution is 0.0589. The molecular formula is C33H36Cl2N4O4. The van der Waals surface area contributed by atoms with Gasteiger partial charge in [-0.05, 0) is 68.6 Å². The van der Waals surface area contributed by atoms with Gasteiger partial charge in [-0.15, -0.1) is 24.8 Å². The van der Waals surface area contributed by atoms with E-state index in [0.29, 0.717) is 22.8 Å². The molecule has 0 atom stereocenters. The van der Waals surface area contributed by atoms with Crippen LogP contribution in [0.4, 0.5) is 0 Å². The number of aromatic nitrogens is 2. The molecule has 43 heavy (non-hydrogen) atoms. The monoisotopic (exact) mass is 622 g/mol. The van der Waals surface area contributed by atoms with Crippen LogP contribution in [0.5, 0.6) is 5.88 Å². The molecule has 2 aromatic heterocycles. The van der Waals surface area contributed by atoms with Gasteiger partial charge in [-0.25, -0.2) is 0 Å². The van der Waals surface area contributed by atoms with Gasteiger partial charge >= 0.3 is 0 Å². The van der Waals surface area contributed by atoms with Gasteiger partial charge in [0.15, 0.2) is 5.56 Å². The van der Waals surface area contributed by atoms with E-state index in [0.717, 1.165) is 31.5 Å². The van der Waals surface area contributed by atoms with Crippen molar-refractivity contribution in [2.75, 3.05) is 26.2 Å². The number of carbonyl (C=O) groups excluding carboxylic acids is 2. The number of ketones is 1. The van der Waals surface area contributed by atoms with E-state index in [9.17, 15) is 14.4 Å². The summed E-state index contributed by atoms with van der Waals surface area (Å²) >= 11 is 0. The molecule has 0 radical (unpaired) electrons. The Balaban J connectivity index is 0.00000212. The molecule has 2 saturated heterocycles.